The van der Waals surface area contributed by atoms with E-state index in [1.807, 2.05) is 6.92 Å². The van der Waals surface area contributed by atoms with E-state index in [9.17, 15) is 18.3 Å². The quantitative estimate of drug-likeness (QED) is 0.893. The van der Waals surface area contributed by atoms with Crippen molar-refractivity contribution in [3.8, 4) is 0 Å². The second-order valence-electron chi connectivity index (χ2n) is 4.79. The maximum atomic E-state index is 12.4. The molecule has 1 saturated heterocycles. The van der Waals surface area contributed by atoms with Crippen molar-refractivity contribution in [1.29, 1.82) is 0 Å². The Balaban J connectivity index is 2.36. The summed E-state index contributed by atoms with van der Waals surface area (Å²) in [4.78, 5) is 15.1. The second-order valence-corrected chi connectivity index (χ2v) is 6.68. The maximum Gasteiger partial charge on any atom is 0.322 e. The molecule has 1 N–H and O–H groups in total. The molecule has 104 valence electrons. The molecule has 0 radical (unpaired) electrons. The summed E-state index contributed by atoms with van der Waals surface area (Å²) < 4.78 is 25.9. The number of carboxylic acids is 1. The van der Waals surface area contributed by atoms with Crippen LogP contribution < -0.4 is 0 Å². The summed E-state index contributed by atoms with van der Waals surface area (Å²) in [7, 11) is -3.79. The van der Waals surface area contributed by atoms with E-state index in [2.05, 4.69) is 4.98 Å². The Kier molecular flexibility index (Phi) is 3.86. The molecule has 2 atom stereocenters. The largest absolute Gasteiger partial charge is 0.480 e. The van der Waals surface area contributed by atoms with Crippen LogP contribution in [0, 0.1) is 5.92 Å². The lowest BCUT2D eigenvalue weighted by Gasteiger charge is -2.34. The molecule has 1 aromatic heterocycles. The van der Waals surface area contributed by atoms with Gasteiger partial charge in [0.1, 0.15) is 10.9 Å². The van der Waals surface area contributed by atoms with Crippen molar-refractivity contribution in [2.24, 2.45) is 5.92 Å². The van der Waals surface area contributed by atoms with Crippen LogP contribution in [-0.2, 0) is 14.8 Å². The minimum atomic E-state index is -3.79. The highest BCUT2D eigenvalue weighted by atomic mass is 32.2. The molecule has 19 heavy (non-hydrogen) atoms. The summed E-state index contributed by atoms with van der Waals surface area (Å²) >= 11 is 0. The van der Waals surface area contributed by atoms with E-state index in [1.54, 1.807) is 0 Å². The van der Waals surface area contributed by atoms with Gasteiger partial charge in [0.15, 0.2) is 0 Å². The van der Waals surface area contributed by atoms with E-state index < -0.39 is 22.0 Å². The molecule has 7 heteroatoms. The Morgan fingerprint density at radius 1 is 1.53 bits per heavy atom. The van der Waals surface area contributed by atoms with Gasteiger partial charge in [-0.25, -0.2) is 8.42 Å². The number of nitrogens with zero attached hydrogens (tertiary/aromatic N) is 2. The lowest BCUT2D eigenvalue weighted by Crippen LogP contribution is -2.49. The predicted octanol–water partition coefficient (Wildman–Crippen LogP) is 0.955. The SMILES string of the molecule is CC1CCN(S(=O)(=O)c2cccnc2)C(C(=O)O)C1. The Hall–Kier alpha value is -1.47. The summed E-state index contributed by atoms with van der Waals surface area (Å²) in [6, 6.07) is 1.96. The molecule has 6 nitrogen and oxygen atoms in total. The van der Waals surface area contributed by atoms with Crippen LogP contribution in [0.25, 0.3) is 0 Å². The molecule has 0 aromatic carbocycles. The van der Waals surface area contributed by atoms with E-state index >= 15 is 0 Å². The molecule has 0 amide bonds. The lowest BCUT2D eigenvalue weighted by atomic mass is 9.94. The first-order chi connectivity index (χ1) is 8.93. The number of hydrogen-bond donors (Lipinski definition) is 1. The number of pyridine rings is 1. The number of carbonyl (C=O) groups is 1. The van der Waals surface area contributed by atoms with Gasteiger partial charge in [0, 0.05) is 18.9 Å². The monoisotopic (exact) mass is 284 g/mol. The first-order valence-corrected chi connectivity index (χ1v) is 7.51. The summed E-state index contributed by atoms with van der Waals surface area (Å²) in [5, 5.41) is 9.21. The van der Waals surface area contributed by atoms with Crippen molar-refractivity contribution in [3.63, 3.8) is 0 Å². The molecule has 1 aromatic rings. The van der Waals surface area contributed by atoms with Crippen molar-refractivity contribution in [3.05, 3.63) is 24.5 Å². The van der Waals surface area contributed by atoms with E-state index in [4.69, 9.17) is 0 Å². The molecular weight excluding hydrogens is 268 g/mol. The Morgan fingerprint density at radius 3 is 2.84 bits per heavy atom. The van der Waals surface area contributed by atoms with Gasteiger partial charge in [-0.15, -0.1) is 0 Å². The molecule has 1 aliphatic heterocycles. The van der Waals surface area contributed by atoms with Crippen LogP contribution in [-0.4, -0.2) is 41.4 Å². The van der Waals surface area contributed by atoms with Crippen LogP contribution >= 0.6 is 0 Å². The fourth-order valence-electron chi connectivity index (χ4n) is 2.27. The number of rotatable bonds is 3. The normalized spacial score (nSPS) is 25.1. The number of hydrogen-bond acceptors (Lipinski definition) is 4. The molecule has 0 spiro atoms. The van der Waals surface area contributed by atoms with Crippen LogP contribution in [0.3, 0.4) is 0 Å². The third-order valence-electron chi connectivity index (χ3n) is 3.34. The van der Waals surface area contributed by atoms with Crippen molar-refractivity contribution in [2.45, 2.75) is 30.7 Å². The molecule has 0 bridgehead atoms. The Morgan fingerprint density at radius 2 is 2.26 bits per heavy atom. The van der Waals surface area contributed by atoms with Crippen molar-refractivity contribution >= 4 is 16.0 Å². The Labute approximate surface area is 112 Å². The fourth-order valence-corrected chi connectivity index (χ4v) is 3.84. The summed E-state index contributed by atoms with van der Waals surface area (Å²) in [5.41, 5.74) is 0. The molecule has 2 heterocycles. The zero-order valence-electron chi connectivity index (χ0n) is 10.6. The highest BCUT2D eigenvalue weighted by Crippen LogP contribution is 2.28. The number of piperidine rings is 1. The maximum absolute atomic E-state index is 12.4. The van der Waals surface area contributed by atoms with Crippen LogP contribution in [0.2, 0.25) is 0 Å². The first kappa shape index (κ1) is 14.0. The zero-order valence-corrected chi connectivity index (χ0v) is 11.4. The van der Waals surface area contributed by atoms with Crippen molar-refractivity contribution in [2.75, 3.05) is 6.54 Å². The second kappa shape index (κ2) is 5.26. The van der Waals surface area contributed by atoms with Crippen LogP contribution in [0.15, 0.2) is 29.4 Å². The van der Waals surface area contributed by atoms with Crippen molar-refractivity contribution < 1.29 is 18.3 Å². The van der Waals surface area contributed by atoms with Crippen LogP contribution in [0.1, 0.15) is 19.8 Å². The van der Waals surface area contributed by atoms with Gasteiger partial charge in [0.05, 0.1) is 0 Å². The minimum absolute atomic E-state index is 0.0378. The van der Waals surface area contributed by atoms with Gasteiger partial charge in [-0.2, -0.15) is 4.31 Å². The predicted molar refractivity (Wildman–Crippen MR) is 68.0 cm³/mol. The van der Waals surface area contributed by atoms with Gasteiger partial charge in [0.25, 0.3) is 0 Å². The highest BCUT2D eigenvalue weighted by molar-refractivity contribution is 7.89. The van der Waals surface area contributed by atoms with Crippen LogP contribution in [0.4, 0.5) is 0 Å². The fraction of sp³-hybridized carbons (Fsp3) is 0.500. The number of carboxylic acid groups (broad SMARTS) is 1. The average Bonchev–Trinajstić information content (AvgIpc) is 2.39. The number of aliphatic carboxylic acids is 1. The third-order valence-corrected chi connectivity index (χ3v) is 5.23. The lowest BCUT2D eigenvalue weighted by molar-refractivity contribution is -0.143. The smallest absolute Gasteiger partial charge is 0.322 e. The molecule has 1 fully saturated rings. The summed E-state index contributed by atoms with van der Waals surface area (Å²) in [5.74, 6) is -0.888. The van der Waals surface area contributed by atoms with E-state index in [1.165, 1.54) is 24.5 Å². The van der Waals surface area contributed by atoms with Gasteiger partial charge in [-0.3, -0.25) is 9.78 Å². The molecule has 1 aliphatic rings. The molecule has 2 rings (SSSR count). The van der Waals surface area contributed by atoms with Gasteiger partial charge in [-0.1, -0.05) is 6.92 Å². The molecule has 0 aliphatic carbocycles. The molecule has 2 unspecified atom stereocenters. The first-order valence-electron chi connectivity index (χ1n) is 6.07. The molecular formula is C12H16N2O4S. The van der Waals surface area contributed by atoms with Crippen molar-refractivity contribution in [1.82, 2.24) is 9.29 Å². The highest BCUT2D eigenvalue weighted by Gasteiger charge is 2.39. The van der Waals surface area contributed by atoms with Gasteiger partial charge in [0.2, 0.25) is 10.0 Å². The van der Waals surface area contributed by atoms with E-state index in [0.717, 1.165) is 4.31 Å². The Bertz CT molecular complexity index is 558. The van der Waals surface area contributed by atoms with Gasteiger partial charge in [-0.05, 0) is 30.9 Å². The number of aromatic nitrogens is 1. The standard InChI is InChI=1S/C12H16N2O4S/c1-9-4-6-14(11(7-9)12(15)16)19(17,18)10-3-2-5-13-8-10/h2-3,5,8-9,11H,4,6-7H2,1H3,(H,15,16). The summed E-state index contributed by atoms with van der Waals surface area (Å²) in [6.45, 7) is 2.17. The number of sulfonamides is 1. The topological polar surface area (TPSA) is 87.6 Å². The molecule has 0 saturated carbocycles. The van der Waals surface area contributed by atoms with Gasteiger partial charge < -0.3 is 5.11 Å². The average molecular weight is 284 g/mol. The minimum Gasteiger partial charge on any atom is -0.480 e. The van der Waals surface area contributed by atoms with Gasteiger partial charge >= 0.3 is 5.97 Å². The zero-order chi connectivity index (χ0) is 14.0. The van der Waals surface area contributed by atoms with E-state index in [0.29, 0.717) is 12.8 Å². The summed E-state index contributed by atoms with van der Waals surface area (Å²) in [6.07, 6.45) is 3.73. The third kappa shape index (κ3) is 2.76. The van der Waals surface area contributed by atoms with Crippen LogP contribution in [0.5, 0.6) is 0 Å². The van der Waals surface area contributed by atoms with E-state index in [-0.39, 0.29) is 17.4 Å².